The highest BCUT2D eigenvalue weighted by Gasteiger charge is 2.45. The fourth-order valence-electron chi connectivity index (χ4n) is 3.56. The maximum Gasteiger partial charge on any atom is 0.200 e. The minimum Gasteiger partial charge on any atom is -0.412 e. The molecule has 1 nitrogen and oxygen atoms in total. The van der Waals surface area contributed by atoms with Gasteiger partial charge in [0.15, 0.2) is 0 Å². The molecule has 5 heteroatoms. The summed E-state index contributed by atoms with van der Waals surface area (Å²) in [6.45, 7) is 13.7. The molecule has 0 aliphatic heterocycles. The Hall–Kier alpha value is -0.00312. The Balaban J connectivity index is 2.89. The average molecular weight is 381 g/mol. The van der Waals surface area contributed by atoms with Gasteiger partial charge in [-0.05, 0) is 22.2 Å². The maximum absolute atomic E-state index is 13.7. The van der Waals surface area contributed by atoms with Gasteiger partial charge in [-0.1, -0.05) is 63.5 Å². The van der Waals surface area contributed by atoms with E-state index in [1.807, 2.05) is 0 Å². The van der Waals surface area contributed by atoms with Crippen LogP contribution in [0.5, 0.6) is 0 Å². The van der Waals surface area contributed by atoms with Gasteiger partial charge in [0.25, 0.3) is 0 Å². The molecule has 0 aromatic carbocycles. The third-order valence-electron chi connectivity index (χ3n) is 4.55. The molecule has 0 saturated carbocycles. The van der Waals surface area contributed by atoms with E-state index < -0.39 is 24.8 Å². The monoisotopic (exact) mass is 380 g/mol. The van der Waals surface area contributed by atoms with Crippen LogP contribution in [0.25, 0.3) is 0 Å². The van der Waals surface area contributed by atoms with Crippen LogP contribution >= 0.6 is 15.9 Å². The van der Waals surface area contributed by atoms with Gasteiger partial charge in [-0.3, -0.25) is 0 Å². The van der Waals surface area contributed by atoms with Crippen molar-refractivity contribution in [3.8, 4) is 0 Å². The van der Waals surface area contributed by atoms with Crippen LogP contribution in [-0.2, 0) is 4.43 Å². The molecule has 0 spiro atoms. The number of rotatable bonds is 6. The molecule has 21 heavy (non-hydrogen) atoms. The van der Waals surface area contributed by atoms with Gasteiger partial charge >= 0.3 is 0 Å². The fraction of sp³-hybridized carbons (Fsp3) is 0.750. The van der Waals surface area contributed by atoms with Crippen molar-refractivity contribution in [3.63, 3.8) is 0 Å². The van der Waals surface area contributed by atoms with Crippen LogP contribution in [0.2, 0.25) is 16.6 Å². The van der Waals surface area contributed by atoms with Gasteiger partial charge < -0.3 is 4.43 Å². The van der Waals surface area contributed by atoms with Gasteiger partial charge in [-0.25, -0.2) is 8.78 Å². The van der Waals surface area contributed by atoms with E-state index in [1.165, 1.54) is 0 Å². The summed E-state index contributed by atoms with van der Waals surface area (Å²) in [5, 5.41) is 0. The zero-order valence-electron chi connectivity index (χ0n) is 13.8. The molecule has 1 aliphatic rings. The van der Waals surface area contributed by atoms with Crippen LogP contribution in [0.1, 0.15) is 48.0 Å². The number of hydrogen-bond donors (Lipinski definition) is 0. The Kier molecular flexibility index (Phi) is 6.81. The first-order chi connectivity index (χ1) is 9.64. The Labute approximate surface area is 137 Å². The van der Waals surface area contributed by atoms with Gasteiger partial charge in [0.2, 0.25) is 8.32 Å². The SMILES string of the molecule is CC(C)[Si](OCC1=CCC(F)=C(F)C1Br)(C(C)C)C(C)C. The zero-order chi connectivity index (χ0) is 16.4. The molecule has 1 aliphatic carbocycles. The first-order valence-corrected chi connectivity index (χ1v) is 10.7. The minimum atomic E-state index is -1.97. The standard InChI is InChI=1S/C16H27BrF2OSi/c1-10(2)21(11(3)4,12(5)6)20-9-13-7-8-14(18)16(19)15(13)17/h7,10-12,15H,8-9H2,1-6H3. The van der Waals surface area contributed by atoms with Crippen LogP contribution in [0.15, 0.2) is 23.3 Å². The highest BCUT2D eigenvalue weighted by atomic mass is 79.9. The molecule has 1 rings (SSSR count). The molecule has 122 valence electrons. The predicted molar refractivity (Wildman–Crippen MR) is 91.7 cm³/mol. The lowest BCUT2D eigenvalue weighted by Gasteiger charge is -2.42. The number of halogens is 3. The second-order valence-electron chi connectivity index (χ2n) is 6.70. The minimum absolute atomic E-state index is 0.0339. The zero-order valence-corrected chi connectivity index (χ0v) is 16.4. The van der Waals surface area contributed by atoms with Crippen LogP contribution in [0.3, 0.4) is 0 Å². The summed E-state index contributed by atoms with van der Waals surface area (Å²) in [5.41, 5.74) is 2.24. The van der Waals surface area contributed by atoms with Crippen molar-refractivity contribution in [1.29, 1.82) is 0 Å². The third kappa shape index (κ3) is 3.85. The van der Waals surface area contributed by atoms with Crippen LogP contribution in [0.4, 0.5) is 8.78 Å². The number of hydrogen-bond acceptors (Lipinski definition) is 1. The van der Waals surface area contributed by atoms with E-state index in [4.69, 9.17) is 4.43 Å². The molecular weight excluding hydrogens is 354 g/mol. The molecule has 1 atom stereocenters. The molecule has 0 aromatic heterocycles. The van der Waals surface area contributed by atoms with E-state index in [-0.39, 0.29) is 6.42 Å². The lowest BCUT2D eigenvalue weighted by Crippen LogP contribution is -2.48. The maximum atomic E-state index is 13.7. The average Bonchev–Trinajstić information content (AvgIpc) is 2.37. The number of allylic oxidation sites excluding steroid dienone is 3. The second kappa shape index (κ2) is 7.51. The van der Waals surface area contributed by atoms with Gasteiger partial charge in [0.1, 0.15) is 11.7 Å². The molecular formula is C16H27BrF2OSi. The van der Waals surface area contributed by atoms with Crippen molar-refractivity contribution in [1.82, 2.24) is 0 Å². The van der Waals surface area contributed by atoms with Crippen LogP contribution in [-0.4, -0.2) is 19.8 Å². The summed E-state index contributed by atoms with van der Waals surface area (Å²) < 4.78 is 33.4. The van der Waals surface area contributed by atoms with Gasteiger partial charge in [-0.15, -0.1) is 0 Å². The lowest BCUT2D eigenvalue weighted by atomic mass is 10.1. The summed E-state index contributed by atoms with van der Waals surface area (Å²) in [6.07, 6.45) is 1.78. The Morgan fingerprint density at radius 1 is 1.14 bits per heavy atom. The van der Waals surface area contributed by atoms with Crippen molar-refractivity contribution in [3.05, 3.63) is 23.3 Å². The molecule has 0 aromatic rings. The summed E-state index contributed by atoms with van der Waals surface area (Å²) in [5.74, 6) is -1.39. The van der Waals surface area contributed by atoms with Crippen molar-refractivity contribution >= 4 is 24.2 Å². The van der Waals surface area contributed by atoms with Crippen molar-refractivity contribution in [2.45, 2.75) is 69.4 Å². The highest BCUT2D eigenvalue weighted by Crippen LogP contribution is 2.43. The van der Waals surface area contributed by atoms with E-state index in [2.05, 4.69) is 57.5 Å². The summed E-state index contributed by atoms with van der Waals surface area (Å²) in [6, 6.07) is 0. The quantitative estimate of drug-likeness (QED) is 0.293. The molecule has 0 saturated heterocycles. The van der Waals surface area contributed by atoms with E-state index in [0.717, 1.165) is 5.57 Å². The van der Waals surface area contributed by atoms with E-state index in [9.17, 15) is 8.78 Å². The van der Waals surface area contributed by atoms with Crippen molar-refractivity contribution in [2.24, 2.45) is 0 Å². The smallest absolute Gasteiger partial charge is 0.200 e. The molecule has 0 radical (unpaired) electrons. The first-order valence-electron chi connectivity index (χ1n) is 7.65. The van der Waals surface area contributed by atoms with Gasteiger partial charge in [0.05, 0.1) is 11.4 Å². The molecule has 0 amide bonds. The lowest BCUT2D eigenvalue weighted by molar-refractivity contribution is 0.302. The number of alkyl halides is 1. The Morgan fingerprint density at radius 3 is 2.05 bits per heavy atom. The van der Waals surface area contributed by atoms with Crippen molar-refractivity contribution in [2.75, 3.05) is 6.61 Å². The molecule has 0 heterocycles. The highest BCUT2D eigenvalue weighted by molar-refractivity contribution is 9.09. The summed E-state index contributed by atoms with van der Waals surface area (Å²) in [7, 11) is -1.97. The first kappa shape index (κ1) is 19.0. The molecule has 0 fully saturated rings. The summed E-state index contributed by atoms with van der Waals surface area (Å²) >= 11 is 3.23. The normalized spacial score (nSPS) is 20.8. The third-order valence-corrected chi connectivity index (χ3v) is 11.6. The van der Waals surface area contributed by atoms with E-state index in [1.54, 1.807) is 6.08 Å². The van der Waals surface area contributed by atoms with Gasteiger partial charge in [-0.2, -0.15) is 0 Å². The molecule has 0 bridgehead atoms. The molecule has 0 N–H and O–H groups in total. The van der Waals surface area contributed by atoms with E-state index in [0.29, 0.717) is 23.2 Å². The van der Waals surface area contributed by atoms with E-state index >= 15 is 0 Å². The second-order valence-corrected chi connectivity index (χ2v) is 13.1. The Bertz CT molecular complexity index is 408. The predicted octanol–water partition coefficient (Wildman–Crippen LogP) is 6.42. The van der Waals surface area contributed by atoms with Crippen LogP contribution in [0, 0.1) is 0 Å². The topological polar surface area (TPSA) is 9.23 Å². The fourth-order valence-corrected chi connectivity index (χ4v) is 9.55. The Morgan fingerprint density at radius 2 is 1.62 bits per heavy atom. The largest absolute Gasteiger partial charge is 0.412 e. The molecule has 1 unspecified atom stereocenters. The van der Waals surface area contributed by atoms with Crippen molar-refractivity contribution < 1.29 is 13.2 Å². The van der Waals surface area contributed by atoms with Crippen LogP contribution < -0.4 is 0 Å². The van der Waals surface area contributed by atoms with Gasteiger partial charge in [0, 0.05) is 6.42 Å². The summed E-state index contributed by atoms with van der Waals surface area (Å²) in [4.78, 5) is -0.676.